The molecule has 0 radical (unpaired) electrons. The van der Waals surface area contributed by atoms with Gasteiger partial charge in [-0.25, -0.2) is 8.42 Å². The number of hydrogen-bond donors (Lipinski definition) is 0. The fourth-order valence-corrected chi connectivity index (χ4v) is 3.99. The Morgan fingerprint density at radius 3 is 2.42 bits per heavy atom. The third-order valence-electron chi connectivity index (χ3n) is 3.40. The highest BCUT2D eigenvalue weighted by molar-refractivity contribution is 14.1. The van der Waals surface area contributed by atoms with Gasteiger partial charge in [0, 0.05) is 35.8 Å². The topological polar surface area (TPSA) is 40.6 Å². The van der Waals surface area contributed by atoms with Crippen LogP contribution in [0.15, 0.2) is 24.3 Å². The van der Waals surface area contributed by atoms with Gasteiger partial charge in [-0.05, 0) is 47.2 Å². The summed E-state index contributed by atoms with van der Waals surface area (Å²) in [6.45, 7) is 5.03. The SMILES string of the molecule is C[C@@H]1CN(Cc2ccc(I)cc2)CCN1S(C)(=O)=O. The molecule has 19 heavy (non-hydrogen) atoms. The standard InChI is InChI=1S/C13H19IN2O2S/c1-11-9-15(7-8-16(11)19(2,17)18)10-12-3-5-13(14)6-4-12/h3-6,11H,7-10H2,1-2H3/t11-/m1/s1. The molecule has 1 heterocycles. The van der Waals surface area contributed by atoms with Crippen LogP contribution in [-0.2, 0) is 16.6 Å². The molecule has 6 heteroatoms. The summed E-state index contributed by atoms with van der Waals surface area (Å²) >= 11 is 2.29. The maximum atomic E-state index is 11.6. The summed E-state index contributed by atoms with van der Waals surface area (Å²) < 4.78 is 26.0. The lowest BCUT2D eigenvalue weighted by Crippen LogP contribution is -2.53. The predicted molar refractivity (Wildman–Crippen MR) is 85.4 cm³/mol. The van der Waals surface area contributed by atoms with Crippen molar-refractivity contribution in [2.24, 2.45) is 0 Å². The molecule has 0 bridgehead atoms. The van der Waals surface area contributed by atoms with Gasteiger partial charge in [-0.2, -0.15) is 4.31 Å². The number of benzene rings is 1. The van der Waals surface area contributed by atoms with Crippen LogP contribution in [0.25, 0.3) is 0 Å². The van der Waals surface area contributed by atoms with Crippen molar-refractivity contribution in [3.63, 3.8) is 0 Å². The summed E-state index contributed by atoms with van der Waals surface area (Å²) in [6.07, 6.45) is 1.29. The maximum Gasteiger partial charge on any atom is 0.211 e. The molecule has 0 unspecified atom stereocenters. The van der Waals surface area contributed by atoms with Crippen LogP contribution in [0, 0.1) is 3.57 Å². The number of nitrogens with zero attached hydrogens (tertiary/aromatic N) is 2. The molecule has 0 amide bonds. The van der Waals surface area contributed by atoms with Crippen molar-refractivity contribution >= 4 is 32.6 Å². The third-order valence-corrected chi connectivity index (χ3v) is 5.51. The molecule has 1 atom stereocenters. The first-order valence-corrected chi connectivity index (χ1v) is 9.22. The summed E-state index contributed by atoms with van der Waals surface area (Å²) in [5.41, 5.74) is 1.28. The minimum atomic E-state index is -3.07. The van der Waals surface area contributed by atoms with Crippen molar-refractivity contribution in [1.29, 1.82) is 0 Å². The second kappa shape index (κ2) is 6.07. The Labute approximate surface area is 129 Å². The van der Waals surface area contributed by atoms with Gasteiger partial charge >= 0.3 is 0 Å². The van der Waals surface area contributed by atoms with Crippen LogP contribution >= 0.6 is 22.6 Å². The van der Waals surface area contributed by atoms with E-state index in [0.29, 0.717) is 6.54 Å². The van der Waals surface area contributed by atoms with E-state index in [4.69, 9.17) is 0 Å². The van der Waals surface area contributed by atoms with Crippen molar-refractivity contribution in [3.05, 3.63) is 33.4 Å². The first kappa shape index (κ1) is 15.2. The minimum absolute atomic E-state index is 0.0487. The van der Waals surface area contributed by atoms with Crippen molar-refractivity contribution in [1.82, 2.24) is 9.21 Å². The zero-order chi connectivity index (χ0) is 14.0. The summed E-state index contributed by atoms with van der Waals surface area (Å²) in [6, 6.07) is 8.52. The number of rotatable bonds is 3. The summed E-state index contributed by atoms with van der Waals surface area (Å²) in [5.74, 6) is 0. The highest BCUT2D eigenvalue weighted by Crippen LogP contribution is 2.16. The van der Waals surface area contributed by atoms with Gasteiger partial charge < -0.3 is 0 Å². The smallest absolute Gasteiger partial charge is 0.211 e. The molecule has 1 aromatic carbocycles. The number of hydrogen-bond acceptors (Lipinski definition) is 3. The van der Waals surface area contributed by atoms with Crippen LogP contribution in [0.2, 0.25) is 0 Å². The number of sulfonamides is 1. The van der Waals surface area contributed by atoms with Crippen molar-refractivity contribution in [2.75, 3.05) is 25.9 Å². The Hall–Kier alpha value is -0.180. The van der Waals surface area contributed by atoms with Crippen LogP contribution in [0.5, 0.6) is 0 Å². The van der Waals surface area contributed by atoms with E-state index >= 15 is 0 Å². The molecule has 0 spiro atoms. The van der Waals surface area contributed by atoms with Crippen LogP contribution < -0.4 is 0 Å². The third kappa shape index (κ3) is 4.14. The second-order valence-electron chi connectivity index (χ2n) is 5.08. The molecule has 1 aromatic rings. The number of piperazine rings is 1. The van der Waals surface area contributed by atoms with Gasteiger partial charge in [0.25, 0.3) is 0 Å². The van der Waals surface area contributed by atoms with E-state index < -0.39 is 10.0 Å². The molecular formula is C13H19IN2O2S. The fourth-order valence-electron chi connectivity index (χ4n) is 2.50. The fraction of sp³-hybridized carbons (Fsp3) is 0.538. The van der Waals surface area contributed by atoms with Gasteiger partial charge in [-0.1, -0.05) is 12.1 Å². The summed E-state index contributed by atoms with van der Waals surface area (Å²) in [5, 5.41) is 0. The van der Waals surface area contributed by atoms with Crippen molar-refractivity contribution in [3.8, 4) is 0 Å². The molecule has 1 saturated heterocycles. The van der Waals surface area contributed by atoms with Crippen LogP contribution in [0.4, 0.5) is 0 Å². The van der Waals surface area contributed by atoms with Gasteiger partial charge in [-0.3, -0.25) is 4.90 Å². The Kier molecular flexibility index (Phi) is 4.86. The Bertz CT molecular complexity index is 530. The van der Waals surface area contributed by atoms with Gasteiger partial charge in [0.15, 0.2) is 0 Å². The van der Waals surface area contributed by atoms with Gasteiger partial charge in [0.2, 0.25) is 10.0 Å². The Morgan fingerprint density at radius 1 is 1.26 bits per heavy atom. The van der Waals surface area contributed by atoms with E-state index in [-0.39, 0.29) is 6.04 Å². The van der Waals surface area contributed by atoms with E-state index in [1.807, 2.05) is 6.92 Å². The lowest BCUT2D eigenvalue weighted by Gasteiger charge is -2.38. The summed E-state index contributed by atoms with van der Waals surface area (Å²) in [4.78, 5) is 2.31. The first-order valence-electron chi connectivity index (χ1n) is 6.30. The highest BCUT2D eigenvalue weighted by atomic mass is 127. The van der Waals surface area contributed by atoms with Crippen molar-refractivity contribution in [2.45, 2.75) is 19.5 Å². The maximum absolute atomic E-state index is 11.6. The molecule has 1 aliphatic rings. The molecular weight excluding hydrogens is 375 g/mol. The van der Waals surface area contributed by atoms with E-state index in [1.165, 1.54) is 15.4 Å². The van der Waals surface area contributed by atoms with E-state index in [1.54, 1.807) is 4.31 Å². The molecule has 4 nitrogen and oxygen atoms in total. The molecule has 0 aliphatic carbocycles. The zero-order valence-corrected chi connectivity index (χ0v) is 14.2. The lowest BCUT2D eigenvalue weighted by molar-refractivity contribution is 0.138. The molecule has 0 saturated carbocycles. The molecule has 106 valence electrons. The average Bonchev–Trinajstić information content (AvgIpc) is 2.30. The van der Waals surface area contributed by atoms with E-state index in [0.717, 1.165) is 19.6 Å². The van der Waals surface area contributed by atoms with Crippen LogP contribution in [0.3, 0.4) is 0 Å². The molecule has 1 aliphatic heterocycles. The largest absolute Gasteiger partial charge is 0.296 e. The Morgan fingerprint density at radius 2 is 1.89 bits per heavy atom. The van der Waals surface area contributed by atoms with E-state index in [2.05, 4.69) is 51.8 Å². The van der Waals surface area contributed by atoms with E-state index in [9.17, 15) is 8.42 Å². The van der Waals surface area contributed by atoms with Gasteiger partial charge in [0.05, 0.1) is 6.26 Å². The monoisotopic (exact) mass is 394 g/mol. The second-order valence-corrected chi connectivity index (χ2v) is 8.27. The quantitative estimate of drug-likeness (QED) is 0.734. The van der Waals surface area contributed by atoms with Crippen LogP contribution in [-0.4, -0.2) is 49.6 Å². The Balaban J connectivity index is 1.97. The van der Waals surface area contributed by atoms with Gasteiger partial charge in [-0.15, -0.1) is 0 Å². The zero-order valence-electron chi connectivity index (χ0n) is 11.2. The molecule has 2 rings (SSSR count). The number of halogens is 1. The molecule has 0 aromatic heterocycles. The van der Waals surface area contributed by atoms with Crippen LogP contribution in [0.1, 0.15) is 12.5 Å². The summed E-state index contributed by atoms with van der Waals surface area (Å²) in [7, 11) is -3.07. The van der Waals surface area contributed by atoms with Crippen molar-refractivity contribution < 1.29 is 8.42 Å². The molecule has 0 N–H and O–H groups in total. The lowest BCUT2D eigenvalue weighted by atomic mass is 10.1. The first-order chi connectivity index (χ1) is 8.86. The average molecular weight is 394 g/mol. The predicted octanol–water partition coefficient (Wildman–Crippen LogP) is 1.76. The normalized spacial score (nSPS) is 22.6. The van der Waals surface area contributed by atoms with Gasteiger partial charge in [0.1, 0.15) is 0 Å². The minimum Gasteiger partial charge on any atom is -0.296 e. The molecule has 1 fully saturated rings. The highest BCUT2D eigenvalue weighted by Gasteiger charge is 2.29.